The molecule has 0 aliphatic heterocycles. The molecule has 2 aromatic heterocycles. The number of alkyl halides is 3. The zero-order valence-electron chi connectivity index (χ0n) is 21.8. The maximum Gasteiger partial charge on any atom is 0.397 e. The van der Waals surface area contributed by atoms with E-state index in [4.69, 9.17) is 4.74 Å². The van der Waals surface area contributed by atoms with Gasteiger partial charge < -0.3 is 15.4 Å². The van der Waals surface area contributed by atoms with Crippen LogP contribution in [-0.4, -0.2) is 37.7 Å². The van der Waals surface area contributed by atoms with Gasteiger partial charge in [-0.2, -0.15) is 18.3 Å². The van der Waals surface area contributed by atoms with Gasteiger partial charge in [0.15, 0.2) is 0 Å². The molecule has 0 atom stereocenters. The molecule has 2 aromatic carbocycles. The molecular formula is C27H27F3N6O3. The summed E-state index contributed by atoms with van der Waals surface area (Å²) in [7, 11) is 0. The molecule has 0 aliphatic rings. The van der Waals surface area contributed by atoms with Crippen LogP contribution in [0, 0.1) is 6.92 Å². The fraction of sp³-hybridized carbons (Fsp3) is 0.296. The van der Waals surface area contributed by atoms with E-state index in [1.807, 2.05) is 33.8 Å². The SMILES string of the molecule is Cc1cc(CC(=O)Nc2cnn(C(C)(C)C)c2)ccc1Oc1ncnc2ccc(NC(=O)CC(F)(F)F)cc12. The number of carbonyl (C=O) groups is 2. The maximum absolute atomic E-state index is 12.6. The number of nitrogens with zero attached hydrogens (tertiary/aromatic N) is 4. The Balaban J connectivity index is 1.46. The van der Waals surface area contributed by atoms with Crippen molar-refractivity contribution in [3.8, 4) is 11.6 Å². The molecule has 0 fully saturated rings. The highest BCUT2D eigenvalue weighted by atomic mass is 19.4. The maximum atomic E-state index is 12.6. The number of rotatable bonds is 7. The number of ether oxygens (including phenoxy) is 1. The van der Waals surface area contributed by atoms with E-state index < -0.39 is 18.5 Å². The molecule has 9 nitrogen and oxygen atoms in total. The van der Waals surface area contributed by atoms with E-state index in [1.54, 1.807) is 35.3 Å². The Kier molecular flexibility index (Phi) is 7.57. The monoisotopic (exact) mass is 540 g/mol. The third-order valence-corrected chi connectivity index (χ3v) is 5.61. The lowest BCUT2D eigenvalue weighted by molar-refractivity contribution is -0.150. The fourth-order valence-electron chi connectivity index (χ4n) is 3.76. The smallest absolute Gasteiger partial charge is 0.397 e. The summed E-state index contributed by atoms with van der Waals surface area (Å²) in [5.41, 5.74) is 2.55. The van der Waals surface area contributed by atoms with Crippen molar-refractivity contribution < 1.29 is 27.5 Å². The number of benzene rings is 2. The summed E-state index contributed by atoms with van der Waals surface area (Å²) in [6.45, 7) is 7.85. The molecule has 39 heavy (non-hydrogen) atoms. The van der Waals surface area contributed by atoms with Gasteiger partial charge in [-0.3, -0.25) is 14.3 Å². The minimum Gasteiger partial charge on any atom is -0.438 e. The lowest BCUT2D eigenvalue weighted by Gasteiger charge is -2.18. The van der Waals surface area contributed by atoms with Crippen molar-refractivity contribution >= 4 is 34.1 Å². The second-order valence-electron chi connectivity index (χ2n) is 10.0. The first-order valence-electron chi connectivity index (χ1n) is 12.0. The van der Waals surface area contributed by atoms with E-state index in [0.29, 0.717) is 22.3 Å². The number of aromatic nitrogens is 4. The standard InChI is InChI=1S/C27H27F3N6O3/c1-16-9-17(10-23(37)35-19-13-33-36(14-19)26(2,3)4)5-8-22(16)39-25-20-11-18(6-7-21(20)31-15-32-25)34-24(38)12-27(28,29)30/h5-9,11,13-15H,10,12H2,1-4H3,(H,34,38)(H,35,37). The van der Waals surface area contributed by atoms with Gasteiger partial charge >= 0.3 is 6.18 Å². The molecule has 0 saturated carbocycles. The molecule has 2 amide bonds. The van der Waals surface area contributed by atoms with Crippen LogP contribution >= 0.6 is 0 Å². The molecule has 0 bridgehead atoms. The van der Waals surface area contributed by atoms with Gasteiger partial charge in [0.25, 0.3) is 0 Å². The minimum atomic E-state index is -4.61. The summed E-state index contributed by atoms with van der Waals surface area (Å²) in [6.07, 6.45) is -1.39. The van der Waals surface area contributed by atoms with Crippen LogP contribution in [0.25, 0.3) is 10.9 Å². The van der Waals surface area contributed by atoms with Gasteiger partial charge in [-0.15, -0.1) is 0 Å². The molecular weight excluding hydrogens is 513 g/mol. The van der Waals surface area contributed by atoms with Crippen molar-refractivity contribution in [2.45, 2.75) is 52.3 Å². The lowest BCUT2D eigenvalue weighted by Crippen LogP contribution is -2.22. The average molecular weight is 541 g/mol. The van der Waals surface area contributed by atoms with E-state index in [-0.39, 0.29) is 29.4 Å². The van der Waals surface area contributed by atoms with Crippen molar-refractivity contribution in [1.82, 2.24) is 19.7 Å². The molecule has 0 spiro atoms. The first kappa shape index (κ1) is 27.6. The van der Waals surface area contributed by atoms with Crippen molar-refractivity contribution in [3.05, 3.63) is 66.2 Å². The van der Waals surface area contributed by atoms with E-state index in [0.717, 1.165) is 11.1 Å². The first-order chi connectivity index (χ1) is 18.3. The van der Waals surface area contributed by atoms with Gasteiger partial charge in [-0.05, 0) is 63.1 Å². The highest BCUT2D eigenvalue weighted by Crippen LogP contribution is 2.31. The number of carbonyl (C=O) groups excluding carboxylic acids is 2. The number of anilines is 2. The summed E-state index contributed by atoms with van der Waals surface area (Å²) in [5.74, 6) is -0.744. The quantitative estimate of drug-likeness (QED) is 0.309. The molecule has 0 saturated heterocycles. The van der Waals surface area contributed by atoms with Gasteiger partial charge in [-0.25, -0.2) is 9.97 Å². The third-order valence-electron chi connectivity index (χ3n) is 5.61. The normalized spacial score (nSPS) is 11.9. The van der Waals surface area contributed by atoms with Crippen LogP contribution in [0.15, 0.2) is 55.1 Å². The summed E-state index contributed by atoms with van der Waals surface area (Å²) in [5, 5.41) is 9.76. The minimum absolute atomic E-state index is 0.138. The molecule has 4 rings (SSSR count). The van der Waals surface area contributed by atoms with Gasteiger partial charge in [-0.1, -0.05) is 12.1 Å². The van der Waals surface area contributed by atoms with E-state index in [1.165, 1.54) is 18.5 Å². The summed E-state index contributed by atoms with van der Waals surface area (Å²) >= 11 is 0. The van der Waals surface area contributed by atoms with Gasteiger partial charge in [0, 0.05) is 11.9 Å². The largest absolute Gasteiger partial charge is 0.438 e. The Bertz CT molecular complexity index is 1530. The van der Waals surface area contributed by atoms with E-state index in [9.17, 15) is 22.8 Å². The van der Waals surface area contributed by atoms with E-state index >= 15 is 0 Å². The second kappa shape index (κ2) is 10.7. The van der Waals surface area contributed by atoms with Crippen molar-refractivity contribution in [3.63, 3.8) is 0 Å². The summed E-state index contributed by atoms with van der Waals surface area (Å²) in [4.78, 5) is 32.6. The average Bonchev–Trinajstić information content (AvgIpc) is 3.29. The second-order valence-corrected chi connectivity index (χ2v) is 10.0. The topological polar surface area (TPSA) is 111 Å². The lowest BCUT2D eigenvalue weighted by atomic mass is 10.1. The predicted octanol–water partition coefficient (Wildman–Crippen LogP) is 5.75. The number of amides is 2. The molecule has 4 aromatic rings. The highest BCUT2D eigenvalue weighted by molar-refractivity contribution is 5.95. The van der Waals surface area contributed by atoms with Crippen LogP contribution in [0.1, 0.15) is 38.3 Å². The van der Waals surface area contributed by atoms with Crippen molar-refractivity contribution in [2.75, 3.05) is 10.6 Å². The number of halogens is 3. The molecule has 2 N–H and O–H groups in total. The molecule has 2 heterocycles. The van der Waals surface area contributed by atoms with Gasteiger partial charge in [0.1, 0.15) is 18.5 Å². The summed E-state index contributed by atoms with van der Waals surface area (Å²) < 4.78 is 45.3. The first-order valence-corrected chi connectivity index (χ1v) is 12.0. The zero-order valence-corrected chi connectivity index (χ0v) is 21.8. The van der Waals surface area contributed by atoms with Crippen LogP contribution < -0.4 is 15.4 Å². The highest BCUT2D eigenvalue weighted by Gasteiger charge is 2.31. The van der Waals surface area contributed by atoms with Crippen molar-refractivity contribution in [2.24, 2.45) is 0 Å². The number of fused-ring (bicyclic) bond motifs is 1. The van der Waals surface area contributed by atoms with Gasteiger partial charge in [0.05, 0.1) is 34.7 Å². The third kappa shape index (κ3) is 7.30. The number of nitrogens with one attached hydrogen (secondary N) is 2. The number of hydrogen-bond donors (Lipinski definition) is 2. The van der Waals surface area contributed by atoms with Crippen LogP contribution in [0.5, 0.6) is 11.6 Å². The van der Waals surface area contributed by atoms with Crippen LogP contribution in [0.2, 0.25) is 0 Å². The Morgan fingerprint density at radius 3 is 2.38 bits per heavy atom. The molecule has 0 aliphatic carbocycles. The molecule has 204 valence electrons. The van der Waals surface area contributed by atoms with Gasteiger partial charge in [0.2, 0.25) is 17.7 Å². The summed E-state index contributed by atoms with van der Waals surface area (Å²) in [6, 6.07) is 9.74. The Labute approximate surface area is 222 Å². The van der Waals surface area contributed by atoms with Crippen LogP contribution in [0.4, 0.5) is 24.5 Å². The number of hydrogen-bond acceptors (Lipinski definition) is 6. The fourth-order valence-corrected chi connectivity index (χ4v) is 3.76. The Hall–Kier alpha value is -4.48. The van der Waals surface area contributed by atoms with Crippen molar-refractivity contribution in [1.29, 1.82) is 0 Å². The predicted molar refractivity (Wildman–Crippen MR) is 140 cm³/mol. The molecule has 0 unspecified atom stereocenters. The van der Waals surface area contributed by atoms with E-state index in [2.05, 4.69) is 25.7 Å². The Morgan fingerprint density at radius 1 is 0.974 bits per heavy atom. The number of aryl methyl sites for hydroxylation is 1. The van der Waals surface area contributed by atoms with Crippen LogP contribution in [0.3, 0.4) is 0 Å². The van der Waals surface area contributed by atoms with Crippen LogP contribution in [-0.2, 0) is 21.5 Å². The Morgan fingerprint density at radius 2 is 1.72 bits per heavy atom. The molecule has 12 heteroatoms. The molecule has 0 radical (unpaired) electrons. The zero-order chi connectivity index (χ0) is 28.4.